The van der Waals surface area contributed by atoms with Gasteiger partial charge in [0.05, 0.1) is 24.6 Å². The van der Waals surface area contributed by atoms with Crippen molar-refractivity contribution >= 4 is 17.8 Å². The van der Waals surface area contributed by atoms with Gasteiger partial charge in [-0.1, -0.05) is 37.6 Å². The Kier molecular flexibility index (Phi) is 6.92. The van der Waals surface area contributed by atoms with Crippen molar-refractivity contribution in [2.24, 2.45) is 0 Å². The number of nitrogens with zero attached hydrogens (tertiary/aromatic N) is 1. The number of nitrogens with one attached hydrogen (secondary N) is 3. The number of rotatable bonds is 6. The Hall–Kier alpha value is -3.43. The highest BCUT2D eigenvalue weighted by molar-refractivity contribution is 6.00. The van der Waals surface area contributed by atoms with Crippen LogP contribution in [0, 0.1) is 12.3 Å². The van der Waals surface area contributed by atoms with Crippen LogP contribution in [0.5, 0.6) is 5.75 Å². The molecule has 1 aliphatic carbocycles. The minimum Gasteiger partial charge on any atom is -0.490 e. The largest absolute Gasteiger partial charge is 0.490 e. The van der Waals surface area contributed by atoms with Gasteiger partial charge in [0, 0.05) is 30.2 Å². The highest BCUT2D eigenvalue weighted by Gasteiger charge is 2.46. The predicted octanol–water partition coefficient (Wildman–Crippen LogP) is 3.15. The Balaban J connectivity index is 1.46. The average molecular weight is 521 g/mol. The smallest absolute Gasteiger partial charge is 0.251 e. The Bertz CT molecular complexity index is 1250. The van der Waals surface area contributed by atoms with Crippen molar-refractivity contribution in [2.75, 3.05) is 13.7 Å². The summed E-state index contributed by atoms with van der Waals surface area (Å²) in [6, 6.07) is 9.98. The molecular formula is C29H36N4O5. The molecule has 1 fully saturated rings. The second-order valence-electron chi connectivity index (χ2n) is 10.6. The third-order valence-electron chi connectivity index (χ3n) is 8.40. The first-order chi connectivity index (χ1) is 18.2. The fraction of sp³-hybridized carbons (Fsp3) is 0.483. The van der Waals surface area contributed by atoms with Crippen LogP contribution in [-0.4, -0.2) is 59.2 Å². The standard InChI is InChI=1S/C29H36N4O5/c1-5-29(6-2)14-24(35)33(28(30)32-29)26-20-12-18(9-10-22(20)38-15-23(26)37-4)27(36)31-25-19-11-16(3)7-8-17(19)13-21(25)34/h7-12,21,23,25-26,34H,5-6,13-15H2,1-4H3,(H2,30,32)(H,31,36)/t21-,23-,25-,26?/m1/s1. The molecule has 1 unspecified atom stereocenters. The van der Waals surface area contributed by atoms with E-state index in [4.69, 9.17) is 14.9 Å². The lowest BCUT2D eigenvalue weighted by molar-refractivity contribution is -0.136. The van der Waals surface area contributed by atoms with E-state index in [1.165, 1.54) is 4.90 Å². The number of aryl methyl sites for hydroxylation is 1. The maximum absolute atomic E-state index is 13.5. The molecule has 38 heavy (non-hydrogen) atoms. The summed E-state index contributed by atoms with van der Waals surface area (Å²) in [6.45, 7) is 6.23. The van der Waals surface area contributed by atoms with E-state index < -0.39 is 29.8 Å². The molecule has 2 heterocycles. The Morgan fingerprint density at radius 1 is 1.24 bits per heavy atom. The highest BCUT2D eigenvalue weighted by atomic mass is 16.5. The zero-order chi connectivity index (χ0) is 27.2. The van der Waals surface area contributed by atoms with Gasteiger partial charge >= 0.3 is 0 Å². The van der Waals surface area contributed by atoms with Gasteiger partial charge in [0.2, 0.25) is 5.91 Å². The summed E-state index contributed by atoms with van der Waals surface area (Å²) in [4.78, 5) is 28.3. The van der Waals surface area contributed by atoms with Crippen molar-refractivity contribution in [2.45, 2.75) is 76.3 Å². The van der Waals surface area contributed by atoms with Gasteiger partial charge in [-0.05, 0) is 49.1 Å². The lowest BCUT2D eigenvalue weighted by Gasteiger charge is -2.47. The summed E-state index contributed by atoms with van der Waals surface area (Å²) in [7, 11) is 1.55. The highest BCUT2D eigenvalue weighted by Crippen LogP contribution is 2.41. The van der Waals surface area contributed by atoms with Crippen molar-refractivity contribution in [3.8, 4) is 5.75 Å². The third kappa shape index (κ3) is 4.43. The van der Waals surface area contributed by atoms with E-state index in [1.807, 2.05) is 39.0 Å². The van der Waals surface area contributed by atoms with Crippen LogP contribution in [0.1, 0.15) is 77.8 Å². The maximum Gasteiger partial charge on any atom is 0.251 e. The van der Waals surface area contributed by atoms with Crippen LogP contribution < -0.4 is 15.4 Å². The predicted molar refractivity (Wildman–Crippen MR) is 142 cm³/mol. The number of aliphatic hydroxyl groups is 1. The van der Waals surface area contributed by atoms with Gasteiger partial charge < -0.3 is 25.2 Å². The van der Waals surface area contributed by atoms with Crippen LogP contribution in [0.25, 0.3) is 0 Å². The fourth-order valence-electron chi connectivity index (χ4n) is 5.98. The van der Waals surface area contributed by atoms with E-state index in [2.05, 4.69) is 10.6 Å². The Morgan fingerprint density at radius 2 is 2.00 bits per heavy atom. The third-order valence-corrected chi connectivity index (χ3v) is 8.40. The van der Waals surface area contributed by atoms with E-state index in [9.17, 15) is 14.7 Å². The van der Waals surface area contributed by atoms with Gasteiger partial charge in [-0.2, -0.15) is 0 Å². The molecule has 0 saturated carbocycles. The van der Waals surface area contributed by atoms with Crippen molar-refractivity contribution < 1.29 is 24.2 Å². The number of guanidine groups is 1. The van der Waals surface area contributed by atoms with Crippen LogP contribution >= 0.6 is 0 Å². The molecule has 5 rings (SSSR count). The van der Waals surface area contributed by atoms with Crippen molar-refractivity contribution in [3.05, 3.63) is 64.2 Å². The second kappa shape index (κ2) is 10.0. The molecule has 1 saturated heterocycles. The maximum atomic E-state index is 13.5. The molecule has 9 nitrogen and oxygen atoms in total. The monoisotopic (exact) mass is 520 g/mol. The molecule has 0 bridgehead atoms. The molecule has 202 valence electrons. The summed E-state index contributed by atoms with van der Waals surface area (Å²) in [5.41, 5.74) is 3.56. The SMILES string of the molecule is CCC1(CC)CC(=O)N(C2c3cc(C(=O)N[C@@H]4c5cc(C)ccc5C[C@H]4O)ccc3OC[C@H]2OC)C(=N)N1. The minimum absolute atomic E-state index is 0.0285. The van der Waals surface area contributed by atoms with Gasteiger partial charge in [-0.3, -0.25) is 19.9 Å². The Labute approximate surface area is 223 Å². The molecule has 4 N–H and O–H groups in total. The van der Waals surface area contributed by atoms with E-state index in [0.717, 1.165) is 29.5 Å². The molecule has 0 radical (unpaired) electrons. The summed E-state index contributed by atoms with van der Waals surface area (Å²) >= 11 is 0. The molecule has 2 amide bonds. The summed E-state index contributed by atoms with van der Waals surface area (Å²) in [6.07, 6.45) is 0.975. The van der Waals surface area contributed by atoms with Gasteiger partial charge in [-0.15, -0.1) is 0 Å². The molecular weight excluding hydrogens is 484 g/mol. The van der Waals surface area contributed by atoms with Crippen molar-refractivity contribution in [1.29, 1.82) is 5.41 Å². The quantitative estimate of drug-likeness (QED) is 0.464. The van der Waals surface area contributed by atoms with Gasteiger partial charge in [0.15, 0.2) is 5.96 Å². The average Bonchev–Trinajstić information content (AvgIpc) is 3.21. The second-order valence-corrected chi connectivity index (χ2v) is 10.6. The van der Waals surface area contributed by atoms with Crippen molar-refractivity contribution in [3.63, 3.8) is 0 Å². The number of carbonyl (C=O) groups is 2. The molecule has 2 aromatic rings. The van der Waals surface area contributed by atoms with Crippen LogP contribution in [0.3, 0.4) is 0 Å². The number of aliphatic hydroxyl groups excluding tert-OH is 1. The molecule has 2 aliphatic heterocycles. The molecule has 3 aliphatic rings. The van der Waals surface area contributed by atoms with Gasteiger partial charge in [0.25, 0.3) is 5.91 Å². The summed E-state index contributed by atoms with van der Waals surface area (Å²) < 4.78 is 11.6. The van der Waals surface area contributed by atoms with Gasteiger partial charge in [-0.25, -0.2) is 0 Å². The lowest BCUT2D eigenvalue weighted by Crippen LogP contribution is -2.64. The summed E-state index contributed by atoms with van der Waals surface area (Å²) in [5, 5.41) is 25.7. The zero-order valence-corrected chi connectivity index (χ0v) is 22.3. The van der Waals surface area contributed by atoms with Crippen LogP contribution in [0.15, 0.2) is 36.4 Å². The number of ether oxygens (including phenoxy) is 2. The first-order valence-electron chi connectivity index (χ1n) is 13.3. The molecule has 4 atom stereocenters. The van der Waals surface area contributed by atoms with E-state index in [0.29, 0.717) is 23.3 Å². The number of carbonyl (C=O) groups excluding carboxylic acids is 2. The van der Waals surface area contributed by atoms with E-state index >= 15 is 0 Å². The normalized spacial score (nSPS) is 25.8. The van der Waals surface area contributed by atoms with E-state index in [-0.39, 0.29) is 30.8 Å². The zero-order valence-electron chi connectivity index (χ0n) is 22.3. The van der Waals surface area contributed by atoms with Crippen LogP contribution in [0.2, 0.25) is 0 Å². The topological polar surface area (TPSA) is 124 Å². The summed E-state index contributed by atoms with van der Waals surface area (Å²) in [5.74, 6) is 0.0813. The number of amides is 2. The molecule has 0 spiro atoms. The van der Waals surface area contributed by atoms with Crippen LogP contribution in [0.4, 0.5) is 0 Å². The van der Waals surface area contributed by atoms with E-state index in [1.54, 1.807) is 25.3 Å². The number of methoxy groups -OCH3 is 1. The lowest BCUT2D eigenvalue weighted by atomic mass is 9.85. The first kappa shape index (κ1) is 26.2. The minimum atomic E-state index is -0.711. The van der Waals surface area contributed by atoms with Crippen LogP contribution in [-0.2, 0) is 16.0 Å². The number of fused-ring (bicyclic) bond motifs is 2. The number of hydrogen-bond acceptors (Lipinski definition) is 6. The molecule has 2 aromatic carbocycles. The molecule has 0 aromatic heterocycles. The fourth-order valence-corrected chi connectivity index (χ4v) is 5.98. The number of hydrogen-bond donors (Lipinski definition) is 4. The van der Waals surface area contributed by atoms with Crippen molar-refractivity contribution in [1.82, 2.24) is 15.5 Å². The number of benzene rings is 2. The molecule has 9 heteroatoms. The van der Waals surface area contributed by atoms with Gasteiger partial charge in [0.1, 0.15) is 18.5 Å². The first-order valence-corrected chi connectivity index (χ1v) is 13.3. The Morgan fingerprint density at radius 3 is 2.68 bits per heavy atom.